The molecule has 1 aromatic carbocycles. The van der Waals surface area contributed by atoms with Crippen LogP contribution in [-0.2, 0) is 0 Å². The highest BCUT2D eigenvalue weighted by Crippen LogP contribution is 2.39. The molecule has 0 spiro atoms. The Labute approximate surface area is 201 Å². The first-order valence-electron chi connectivity index (χ1n) is 11.0. The van der Waals surface area contributed by atoms with Crippen molar-refractivity contribution in [3.8, 4) is 23.3 Å². The van der Waals surface area contributed by atoms with E-state index in [0.717, 1.165) is 54.5 Å². The standard InChI is InChI=1S/C25H22FN7S/c1-16-21(14-30-33(16)20-6-8-31(2)9-7-20)18-10-23(24-19(12-28)13-29-32(24)15-18)34-25-17(11-27)4-3-5-22(25)26/h3-5,10,13-15,20H,6-9H2,1-2H3. The minimum Gasteiger partial charge on any atom is -0.306 e. The van der Waals surface area contributed by atoms with Gasteiger partial charge < -0.3 is 4.90 Å². The molecule has 3 aromatic heterocycles. The number of hydrogen-bond acceptors (Lipinski definition) is 6. The van der Waals surface area contributed by atoms with Crippen LogP contribution in [0.2, 0.25) is 0 Å². The number of nitrogens with zero attached hydrogens (tertiary/aromatic N) is 7. The van der Waals surface area contributed by atoms with Crippen LogP contribution in [0.1, 0.15) is 35.7 Å². The molecule has 0 amide bonds. The summed E-state index contributed by atoms with van der Waals surface area (Å²) in [6, 6.07) is 11.0. The number of aromatic nitrogens is 4. The minimum atomic E-state index is -0.475. The molecule has 5 rings (SSSR count). The first kappa shape index (κ1) is 22.1. The fourth-order valence-electron chi connectivity index (χ4n) is 4.52. The Morgan fingerprint density at radius 3 is 2.59 bits per heavy atom. The number of hydrogen-bond donors (Lipinski definition) is 0. The van der Waals surface area contributed by atoms with Gasteiger partial charge in [0, 0.05) is 27.9 Å². The predicted octanol–water partition coefficient (Wildman–Crippen LogP) is 4.81. The Morgan fingerprint density at radius 2 is 1.85 bits per heavy atom. The average molecular weight is 472 g/mol. The summed E-state index contributed by atoms with van der Waals surface area (Å²) in [4.78, 5) is 3.21. The average Bonchev–Trinajstić information content (AvgIpc) is 3.44. The van der Waals surface area contributed by atoms with Gasteiger partial charge in [0.05, 0.1) is 40.0 Å². The van der Waals surface area contributed by atoms with E-state index in [-0.39, 0.29) is 10.5 Å². The monoisotopic (exact) mass is 471 g/mol. The first-order chi connectivity index (χ1) is 16.5. The van der Waals surface area contributed by atoms with Crippen LogP contribution in [0.4, 0.5) is 4.39 Å². The van der Waals surface area contributed by atoms with E-state index in [1.165, 1.54) is 18.3 Å². The Bertz CT molecular complexity index is 1470. The lowest BCUT2D eigenvalue weighted by molar-refractivity contribution is 0.210. The van der Waals surface area contributed by atoms with Crippen molar-refractivity contribution < 1.29 is 4.39 Å². The zero-order chi connectivity index (χ0) is 23.8. The van der Waals surface area contributed by atoms with Gasteiger partial charge in [-0.2, -0.15) is 20.7 Å². The molecule has 1 aliphatic rings. The van der Waals surface area contributed by atoms with Gasteiger partial charge in [-0.25, -0.2) is 8.91 Å². The molecule has 0 atom stereocenters. The van der Waals surface area contributed by atoms with E-state index in [0.29, 0.717) is 22.0 Å². The number of piperidine rings is 1. The normalized spacial score (nSPS) is 14.9. The molecule has 4 aromatic rings. The van der Waals surface area contributed by atoms with Crippen molar-refractivity contribution in [3.63, 3.8) is 0 Å². The Morgan fingerprint density at radius 1 is 1.09 bits per heavy atom. The van der Waals surface area contributed by atoms with Gasteiger partial charge in [-0.15, -0.1) is 0 Å². The van der Waals surface area contributed by atoms with Gasteiger partial charge in [0.1, 0.15) is 18.0 Å². The summed E-state index contributed by atoms with van der Waals surface area (Å²) < 4.78 is 18.4. The summed E-state index contributed by atoms with van der Waals surface area (Å²) in [5.41, 5.74) is 4.12. The van der Waals surface area contributed by atoms with Crippen LogP contribution in [-0.4, -0.2) is 44.4 Å². The van der Waals surface area contributed by atoms with Crippen molar-refractivity contribution in [2.45, 2.75) is 35.6 Å². The summed E-state index contributed by atoms with van der Waals surface area (Å²) in [7, 11) is 2.14. The fraction of sp³-hybridized carbons (Fsp3) is 0.280. The first-order valence-corrected chi connectivity index (χ1v) is 11.8. The van der Waals surface area contributed by atoms with Gasteiger partial charge >= 0.3 is 0 Å². The summed E-state index contributed by atoms with van der Waals surface area (Å²) in [5.74, 6) is -0.475. The molecule has 0 bridgehead atoms. The van der Waals surface area contributed by atoms with Crippen molar-refractivity contribution in [1.82, 2.24) is 24.3 Å². The van der Waals surface area contributed by atoms with Crippen molar-refractivity contribution in [2.24, 2.45) is 0 Å². The van der Waals surface area contributed by atoms with Gasteiger partial charge in [-0.3, -0.25) is 4.68 Å². The van der Waals surface area contributed by atoms with Crippen LogP contribution < -0.4 is 0 Å². The lowest BCUT2D eigenvalue weighted by atomic mass is 10.0. The molecule has 1 saturated heterocycles. The third kappa shape index (κ3) is 3.83. The molecule has 0 radical (unpaired) electrons. The Hall–Kier alpha value is -3.66. The molecule has 4 heterocycles. The van der Waals surface area contributed by atoms with Crippen LogP contribution in [0.5, 0.6) is 0 Å². The van der Waals surface area contributed by atoms with Gasteiger partial charge in [-0.05, 0) is 58.1 Å². The molecular formula is C25H22FN7S. The van der Waals surface area contributed by atoms with Gasteiger partial charge in [-0.1, -0.05) is 17.8 Å². The largest absolute Gasteiger partial charge is 0.306 e. The topological polar surface area (TPSA) is 85.9 Å². The summed E-state index contributed by atoms with van der Waals surface area (Å²) in [6.07, 6.45) is 7.34. The Balaban J connectivity index is 1.61. The number of rotatable bonds is 4. The van der Waals surface area contributed by atoms with E-state index in [9.17, 15) is 14.9 Å². The minimum absolute atomic E-state index is 0.230. The Kier molecular flexibility index (Phi) is 5.82. The smallest absolute Gasteiger partial charge is 0.138 e. The highest BCUT2D eigenvalue weighted by atomic mass is 32.2. The lowest BCUT2D eigenvalue weighted by Gasteiger charge is -2.29. The predicted molar refractivity (Wildman–Crippen MR) is 127 cm³/mol. The molecule has 9 heteroatoms. The van der Waals surface area contributed by atoms with E-state index in [1.54, 1.807) is 10.6 Å². The van der Waals surface area contributed by atoms with E-state index >= 15 is 0 Å². The maximum atomic E-state index is 14.7. The number of benzene rings is 1. The molecule has 0 N–H and O–H groups in total. The third-order valence-electron chi connectivity index (χ3n) is 6.39. The number of likely N-dealkylation sites (tertiary alicyclic amines) is 1. The molecule has 0 unspecified atom stereocenters. The maximum Gasteiger partial charge on any atom is 0.138 e. The van der Waals surface area contributed by atoms with E-state index in [4.69, 9.17) is 5.10 Å². The maximum absolute atomic E-state index is 14.7. The fourth-order valence-corrected chi connectivity index (χ4v) is 5.61. The third-order valence-corrected chi connectivity index (χ3v) is 7.54. The highest BCUT2D eigenvalue weighted by molar-refractivity contribution is 7.99. The van der Waals surface area contributed by atoms with Crippen molar-refractivity contribution in [3.05, 3.63) is 65.5 Å². The second-order valence-corrected chi connectivity index (χ2v) is 9.56. The second kappa shape index (κ2) is 8.94. The van der Waals surface area contributed by atoms with Crippen LogP contribution in [0.15, 0.2) is 52.6 Å². The summed E-state index contributed by atoms with van der Waals surface area (Å²) in [6.45, 7) is 4.15. The zero-order valence-corrected chi connectivity index (χ0v) is 19.7. The number of pyridine rings is 1. The van der Waals surface area contributed by atoms with E-state index in [1.807, 2.05) is 18.5 Å². The van der Waals surface area contributed by atoms with Crippen LogP contribution in [0, 0.1) is 35.4 Å². The molecular weight excluding hydrogens is 449 g/mol. The number of nitriles is 2. The number of fused-ring (bicyclic) bond motifs is 1. The van der Waals surface area contributed by atoms with Crippen molar-refractivity contribution >= 4 is 17.3 Å². The zero-order valence-electron chi connectivity index (χ0n) is 18.9. The van der Waals surface area contributed by atoms with Gasteiger partial charge in [0.25, 0.3) is 0 Å². The van der Waals surface area contributed by atoms with Crippen LogP contribution in [0.25, 0.3) is 16.6 Å². The van der Waals surface area contributed by atoms with E-state index < -0.39 is 5.82 Å². The molecule has 1 aliphatic heterocycles. The summed E-state index contributed by atoms with van der Waals surface area (Å²) in [5, 5.41) is 28.2. The van der Waals surface area contributed by atoms with Gasteiger partial charge in [0.15, 0.2) is 0 Å². The quantitative estimate of drug-likeness (QED) is 0.425. The van der Waals surface area contributed by atoms with Gasteiger partial charge in [0.2, 0.25) is 0 Å². The van der Waals surface area contributed by atoms with Crippen molar-refractivity contribution in [2.75, 3.05) is 20.1 Å². The van der Waals surface area contributed by atoms with E-state index in [2.05, 4.69) is 40.8 Å². The molecule has 7 nitrogen and oxygen atoms in total. The molecule has 0 saturated carbocycles. The SMILES string of the molecule is Cc1c(-c2cc(Sc3c(F)cccc3C#N)c3c(C#N)cnn3c2)cnn1C1CCN(C)CC1. The summed E-state index contributed by atoms with van der Waals surface area (Å²) >= 11 is 1.14. The van der Waals surface area contributed by atoms with Crippen molar-refractivity contribution in [1.29, 1.82) is 10.5 Å². The number of halogens is 1. The molecule has 170 valence electrons. The van der Waals surface area contributed by atoms with Crippen LogP contribution >= 0.6 is 11.8 Å². The molecule has 34 heavy (non-hydrogen) atoms. The second-order valence-electron chi connectivity index (χ2n) is 8.51. The lowest BCUT2D eigenvalue weighted by Crippen LogP contribution is -2.32. The van der Waals surface area contributed by atoms with Crippen LogP contribution in [0.3, 0.4) is 0 Å². The highest BCUT2D eigenvalue weighted by Gasteiger charge is 2.23. The molecule has 0 aliphatic carbocycles. The molecule has 1 fully saturated rings.